The Kier molecular flexibility index (Phi) is 3.46. The van der Waals surface area contributed by atoms with E-state index in [1.165, 1.54) is 0 Å². The quantitative estimate of drug-likeness (QED) is 0.762. The van der Waals surface area contributed by atoms with Crippen LogP contribution in [-0.2, 0) is 11.3 Å². The van der Waals surface area contributed by atoms with E-state index >= 15 is 0 Å². The summed E-state index contributed by atoms with van der Waals surface area (Å²) in [5.74, 6) is 0.200. The van der Waals surface area contributed by atoms with Crippen LogP contribution in [0.15, 0.2) is 28.7 Å². The van der Waals surface area contributed by atoms with Crippen LogP contribution < -0.4 is 0 Å². The average Bonchev–Trinajstić information content (AvgIpc) is 2.53. The molecule has 1 aromatic carbocycles. The second-order valence-corrected chi connectivity index (χ2v) is 5.57. The SMILES string of the molecule is O=C1C(Br)CCN1Cc1ccccc1Br. The van der Waals surface area contributed by atoms with Gasteiger partial charge in [-0.25, -0.2) is 0 Å². The number of alkyl halides is 1. The molecule has 0 bridgehead atoms. The summed E-state index contributed by atoms with van der Waals surface area (Å²) in [4.78, 5) is 13.6. The molecule has 1 unspecified atom stereocenters. The van der Waals surface area contributed by atoms with Gasteiger partial charge in [-0.15, -0.1) is 0 Å². The van der Waals surface area contributed by atoms with Gasteiger partial charge in [-0.1, -0.05) is 50.1 Å². The molecule has 15 heavy (non-hydrogen) atoms. The van der Waals surface area contributed by atoms with E-state index in [1.54, 1.807) is 0 Å². The fourth-order valence-electron chi connectivity index (χ4n) is 1.69. The molecule has 1 fully saturated rings. The first-order chi connectivity index (χ1) is 7.18. The van der Waals surface area contributed by atoms with Crippen molar-refractivity contribution in [2.45, 2.75) is 17.8 Å². The number of carbonyl (C=O) groups excluding carboxylic acids is 1. The van der Waals surface area contributed by atoms with Crippen molar-refractivity contribution < 1.29 is 4.79 Å². The number of hydrogen-bond acceptors (Lipinski definition) is 1. The van der Waals surface area contributed by atoms with E-state index in [2.05, 4.69) is 31.9 Å². The second-order valence-electron chi connectivity index (χ2n) is 3.61. The Morgan fingerprint density at radius 3 is 2.73 bits per heavy atom. The van der Waals surface area contributed by atoms with Crippen LogP contribution in [0.3, 0.4) is 0 Å². The fourth-order valence-corrected chi connectivity index (χ4v) is 2.59. The van der Waals surface area contributed by atoms with E-state index in [0.29, 0.717) is 6.54 Å². The molecule has 1 amide bonds. The van der Waals surface area contributed by atoms with Crippen molar-refractivity contribution in [1.29, 1.82) is 0 Å². The van der Waals surface area contributed by atoms with Crippen LogP contribution in [0.2, 0.25) is 0 Å². The Balaban J connectivity index is 2.10. The van der Waals surface area contributed by atoms with Crippen molar-refractivity contribution in [2.24, 2.45) is 0 Å². The van der Waals surface area contributed by atoms with Gasteiger partial charge < -0.3 is 4.90 Å². The minimum atomic E-state index is 0.0139. The van der Waals surface area contributed by atoms with Gasteiger partial charge in [0.05, 0.1) is 4.83 Å². The highest BCUT2D eigenvalue weighted by Gasteiger charge is 2.29. The summed E-state index contributed by atoms with van der Waals surface area (Å²) in [7, 11) is 0. The van der Waals surface area contributed by atoms with Gasteiger partial charge in [0.1, 0.15) is 0 Å². The van der Waals surface area contributed by atoms with E-state index in [0.717, 1.165) is 23.0 Å². The van der Waals surface area contributed by atoms with Crippen LogP contribution in [0.4, 0.5) is 0 Å². The predicted octanol–water partition coefficient (Wildman–Crippen LogP) is 2.94. The van der Waals surface area contributed by atoms with Crippen LogP contribution in [0.5, 0.6) is 0 Å². The summed E-state index contributed by atoms with van der Waals surface area (Å²) in [6, 6.07) is 8.01. The molecule has 0 N–H and O–H groups in total. The van der Waals surface area contributed by atoms with Gasteiger partial charge in [0, 0.05) is 17.6 Å². The number of amides is 1. The zero-order valence-corrected chi connectivity index (χ0v) is 11.3. The molecular formula is C11H11Br2NO. The molecule has 1 aliphatic heterocycles. The second kappa shape index (κ2) is 4.66. The fraction of sp³-hybridized carbons (Fsp3) is 0.364. The molecule has 0 spiro atoms. The first-order valence-electron chi connectivity index (χ1n) is 4.85. The number of hydrogen-bond donors (Lipinski definition) is 0. The lowest BCUT2D eigenvalue weighted by atomic mass is 10.2. The third-order valence-corrected chi connectivity index (χ3v) is 4.17. The molecule has 4 heteroatoms. The Morgan fingerprint density at radius 1 is 1.40 bits per heavy atom. The molecule has 2 rings (SSSR count). The van der Waals surface area contributed by atoms with Crippen molar-refractivity contribution in [3.8, 4) is 0 Å². The Hall–Kier alpha value is -0.350. The molecule has 0 saturated carbocycles. The van der Waals surface area contributed by atoms with Gasteiger partial charge >= 0.3 is 0 Å². The lowest BCUT2D eigenvalue weighted by Crippen LogP contribution is -2.27. The summed E-state index contributed by atoms with van der Waals surface area (Å²) in [6.07, 6.45) is 0.906. The average molecular weight is 333 g/mol. The van der Waals surface area contributed by atoms with Crippen molar-refractivity contribution in [3.05, 3.63) is 34.3 Å². The lowest BCUT2D eigenvalue weighted by molar-refractivity contribution is -0.127. The molecule has 1 aliphatic rings. The molecular weight excluding hydrogens is 322 g/mol. The Morgan fingerprint density at radius 2 is 2.13 bits per heavy atom. The smallest absolute Gasteiger partial charge is 0.236 e. The van der Waals surface area contributed by atoms with Gasteiger partial charge in [0.15, 0.2) is 0 Å². The lowest BCUT2D eigenvalue weighted by Gasteiger charge is -2.16. The summed E-state index contributed by atoms with van der Waals surface area (Å²) < 4.78 is 1.07. The van der Waals surface area contributed by atoms with Gasteiger partial charge in [0.2, 0.25) is 5.91 Å². The predicted molar refractivity (Wildman–Crippen MR) is 66.9 cm³/mol. The summed E-state index contributed by atoms with van der Waals surface area (Å²) in [5.41, 5.74) is 1.16. The first-order valence-corrected chi connectivity index (χ1v) is 6.55. The molecule has 0 radical (unpaired) electrons. The minimum absolute atomic E-state index is 0.0139. The molecule has 1 saturated heterocycles. The minimum Gasteiger partial charge on any atom is -0.337 e. The molecule has 0 aliphatic carbocycles. The van der Waals surface area contributed by atoms with E-state index in [1.807, 2.05) is 29.2 Å². The van der Waals surface area contributed by atoms with Gasteiger partial charge in [-0.05, 0) is 18.1 Å². The van der Waals surface area contributed by atoms with E-state index < -0.39 is 0 Å². The van der Waals surface area contributed by atoms with E-state index in [4.69, 9.17) is 0 Å². The number of rotatable bonds is 2. The molecule has 2 nitrogen and oxygen atoms in total. The Labute approximate surface area is 106 Å². The molecule has 80 valence electrons. The van der Waals surface area contributed by atoms with E-state index in [9.17, 15) is 4.79 Å². The largest absolute Gasteiger partial charge is 0.337 e. The highest BCUT2D eigenvalue weighted by atomic mass is 79.9. The van der Waals surface area contributed by atoms with Gasteiger partial charge in [-0.3, -0.25) is 4.79 Å². The van der Waals surface area contributed by atoms with E-state index in [-0.39, 0.29) is 10.7 Å². The van der Waals surface area contributed by atoms with Crippen LogP contribution in [0.1, 0.15) is 12.0 Å². The van der Waals surface area contributed by atoms with Crippen molar-refractivity contribution in [1.82, 2.24) is 4.90 Å². The first kappa shape index (κ1) is 11.1. The number of carbonyl (C=O) groups is 1. The maximum atomic E-state index is 11.7. The number of halogens is 2. The summed E-state index contributed by atoms with van der Waals surface area (Å²) in [6.45, 7) is 1.54. The van der Waals surface area contributed by atoms with Crippen LogP contribution in [0.25, 0.3) is 0 Å². The molecule has 1 heterocycles. The number of nitrogens with zero attached hydrogens (tertiary/aromatic N) is 1. The normalized spacial score (nSPS) is 21.1. The Bertz CT molecular complexity index is 381. The zero-order chi connectivity index (χ0) is 10.8. The van der Waals surface area contributed by atoms with Gasteiger partial charge in [-0.2, -0.15) is 0 Å². The molecule has 0 aromatic heterocycles. The van der Waals surface area contributed by atoms with Gasteiger partial charge in [0.25, 0.3) is 0 Å². The summed E-state index contributed by atoms with van der Waals surface area (Å²) in [5, 5.41) is 0. The topological polar surface area (TPSA) is 20.3 Å². The van der Waals surface area contributed by atoms with Crippen molar-refractivity contribution in [3.63, 3.8) is 0 Å². The standard InChI is InChI=1S/C11H11Br2NO/c12-9-4-2-1-3-8(9)7-14-6-5-10(13)11(14)15/h1-4,10H,5-7H2. The summed E-state index contributed by atoms with van der Waals surface area (Å²) >= 11 is 6.86. The van der Waals surface area contributed by atoms with Crippen molar-refractivity contribution in [2.75, 3.05) is 6.54 Å². The molecule has 1 atom stereocenters. The maximum absolute atomic E-state index is 11.7. The molecule has 1 aromatic rings. The number of likely N-dealkylation sites (tertiary alicyclic amines) is 1. The third-order valence-electron chi connectivity index (χ3n) is 2.55. The van der Waals surface area contributed by atoms with Crippen molar-refractivity contribution >= 4 is 37.8 Å². The monoisotopic (exact) mass is 331 g/mol. The number of benzene rings is 1. The van der Waals surface area contributed by atoms with Crippen LogP contribution >= 0.6 is 31.9 Å². The maximum Gasteiger partial charge on any atom is 0.236 e. The van der Waals surface area contributed by atoms with Crippen LogP contribution in [0, 0.1) is 0 Å². The highest BCUT2D eigenvalue weighted by molar-refractivity contribution is 9.10. The zero-order valence-electron chi connectivity index (χ0n) is 8.12. The highest BCUT2D eigenvalue weighted by Crippen LogP contribution is 2.23. The third kappa shape index (κ3) is 2.42. The van der Waals surface area contributed by atoms with Crippen LogP contribution in [-0.4, -0.2) is 22.2 Å².